The number of esters is 1. The van der Waals surface area contributed by atoms with Crippen molar-refractivity contribution in [2.75, 3.05) is 13.7 Å². The van der Waals surface area contributed by atoms with Gasteiger partial charge in [-0.2, -0.15) is 0 Å². The van der Waals surface area contributed by atoms with E-state index in [1.165, 1.54) is 7.11 Å². The first-order valence-corrected chi connectivity index (χ1v) is 3.24. The first kappa shape index (κ1) is 8.39. The molecule has 1 atom stereocenters. The second-order valence-electron chi connectivity index (χ2n) is 2.52. The Morgan fingerprint density at radius 3 is 2.73 bits per heavy atom. The summed E-state index contributed by atoms with van der Waals surface area (Å²) in [6, 6.07) is -0.838. The fraction of sp³-hybridized carbons (Fsp3) is 0.833. The molecular formula is C6H9F2NO2. The van der Waals surface area contributed by atoms with Crippen LogP contribution in [-0.4, -0.2) is 31.6 Å². The van der Waals surface area contributed by atoms with Gasteiger partial charge in [0.1, 0.15) is 6.04 Å². The lowest BCUT2D eigenvalue weighted by atomic mass is 10.2. The fourth-order valence-corrected chi connectivity index (χ4v) is 1.02. The van der Waals surface area contributed by atoms with E-state index in [4.69, 9.17) is 0 Å². The lowest BCUT2D eigenvalue weighted by molar-refractivity contribution is -0.143. The van der Waals surface area contributed by atoms with Crippen LogP contribution in [0.5, 0.6) is 0 Å². The van der Waals surface area contributed by atoms with E-state index in [1.54, 1.807) is 0 Å². The molecule has 1 N–H and O–H groups in total. The molecule has 0 radical (unpaired) electrons. The lowest BCUT2D eigenvalue weighted by Crippen LogP contribution is -2.31. The summed E-state index contributed by atoms with van der Waals surface area (Å²) in [4.78, 5) is 10.7. The number of methoxy groups -OCH3 is 1. The Morgan fingerprint density at radius 1 is 1.73 bits per heavy atom. The molecule has 1 saturated heterocycles. The van der Waals surface area contributed by atoms with Gasteiger partial charge in [0.2, 0.25) is 0 Å². The molecule has 0 bridgehead atoms. The highest BCUT2D eigenvalue weighted by Crippen LogP contribution is 2.25. The molecule has 64 valence electrons. The molecule has 0 aromatic heterocycles. The molecule has 1 heterocycles. The van der Waals surface area contributed by atoms with Crippen LogP contribution in [0.3, 0.4) is 0 Å². The fourth-order valence-electron chi connectivity index (χ4n) is 1.02. The van der Waals surface area contributed by atoms with Crippen molar-refractivity contribution in [2.45, 2.75) is 18.4 Å². The molecule has 5 heteroatoms. The third-order valence-electron chi connectivity index (χ3n) is 1.60. The minimum atomic E-state index is -2.77. The highest BCUT2D eigenvalue weighted by Gasteiger charge is 2.42. The second-order valence-corrected chi connectivity index (χ2v) is 2.52. The summed E-state index contributed by atoms with van der Waals surface area (Å²) in [5, 5.41) is 2.37. The number of carbonyl (C=O) groups is 1. The van der Waals surface area contributed by atoms with Crippen LogP contribution in [0.2, 0.25) is 0 Å². The SMILES string of the molecule is COC(=O)C1CC(F)(F)CN1. The molecule has 0 amide bonds. The van der Waals surface area contributed by atoms with Crippen LogP contribution in [-0.2, 0) is 9.53 Å². The smallest absolute Gasteiger partial charge is 0.323 e. The highest BCUT2D eigenvalue weighted by molar-refractivity contribution is 5.76. The Bertz CT molecular complexity index is 172. The van der Waals surface area contributed by atoms with E-state index in [0.717, 1.165) is 0 Å². The van der Waals surface area contributed by atoms with Gasteiger partial charge in [0.05, 0.1) is 13.7 Å². The molecule has 0 aromatic rings. The zero-order valence-electron chi connectivity index (χ0n) is 6.06. The largest absolute Gasteiger partial charge is 0.468 e. The number of rotatable bonds is 1. The first-order chi connectivity index (χ1) is 5.05. The van der Waals surface area contributed by atoms with E-state index in [2.05, 4.69) is 10.1 Å². The summed E-state index contributed by atoms with van der Waals surface area (Å²) >= 11 is 0. The molecule has 1 rings (SSSR count). The number of hydrogen-bond acceptors (Lipinski definition) is 3. The molecule has 0 saturated carbocycles. The summed E-state index contributed by atoms with van der Waals surface area (Å²) in [6.45, 7) is -0.438. The van der Waals surface area contributed by atoms with E-state index in [1.807, 2.05) is 0 Å². The van der Waals surface area contributed by atoms with Crippen molar-refractivity contribution in [3.63, 3.8) is 0 Å². The van der Waals surface area contributed by atoms with Gasteiger partial charge >= 0.3 is 5.97 Å². The van der Waals surface area contributed by atoms with Crippen molar-refractivity contribution in [3.8, 4) is 0 Å². The quantitative estimate of drug-likeness (QED) is 0.562. The van der Waals surface area contributed by atoms with Crippen molar-refractivity contribution < 1.29 is 18.3 Å². The van der Waals surface area contributed by atoms with Gasteiger partial charge in [-0.15, -0.1) is 0 Å². The van der Waals surface area contributed by atoms with Crippen molar-refractivity contribution in [2.24, 2.45) is 0 Å². The average Bonchev–Trinajstić information content (AvgIpc) is 2.29. The van der Waals surface area contributed by atoms with E-state index in [-0.39, 0.29) is 0 Å². The summed E-state index contributed by atoms with van der Waals surface area (Å²) in [5.74, 6) is -3.39. The predicted octanol–water partition coefficient (Wildman–Crippen LogP) is 0.157. The zero-order chi connectivity index (χ0) is 8.48. The monoisotopic (exact) mass is 165 g/mol. The Balaban J connectivity index is 2.48. The van der Waals surface area contributed by atoms with E-state index < -0.39 is 30.9 Å². The maximum absolute atomic E-state index is 12.4. The molecule has 11 heavy (non-hydrogen) atoms. The van der Waals surface area contributed by atoms with Crippen LogP contribution >= 0.6 is 0 Å². The van der Waals surface area contributed by atoms with Crippen LogP contribution in [0.25, 0.3) is 0 Å². The highest BCUT2D eigenvalue weighted by atomic mass is 19.3. The molecule has 1 fully saturated rings. The average molecular weight is 165 g/mol. The maximum Gasteiger partial charge on any atom is 0.323 e. The van der Waals surface area contributed by atoms with Crippen molar-refractivity contribution >= 4 is 5.97 Å². The van der Waals surface area contributed by atoms with Gasteiger partial charge in [-0.3, -0.25) is 10.1 Å². The number of nitrogens with one attached hydrogen (secondary N) is 1. The molecular weight excluding hydrogens is 156 g/mol. The van der Waals surface area contributed by atoms with Gasteiger partial charge in [0, 0.05) is 6.42 Å². The van der Waals surface area contributed by atoms with Crippen molar-refractivity contribution in [1.29, 1.82) is 0 Å². The number of carbonyl (C=O) groups excluding carboxylic acids is 1. The molecule has 0 aliphatic carbocycles. The first-order valence-electron chi connectivity index (χ1n) is 3.24. The van der Waals surface area contributed by atoms with Gasteiger partial charge in [0.15, 0.2) is 0 Å². The Hall–Kier alpha value is -0.710. The van der Waals surface area contributed by atoms with Gasteiger partial charge in [0.25, 0.3) is 5.92 Å². The van der Waals surface area contributed by atoms with Crippen molar-refractivity contribution in [3.05, 3.63) is 0 Å². The van der Waals surface area contributed by atoms with E-state index >= 15 is 0 Å². The minimum Gasteiger partial charge on any atom is -0.468 e. The topological polar surface area (TPSA) is 38.3 Å². The standard InChI is InChI=1S/C6H9F2NO2/c1-11-5(10)4-2-6(7,8)3-9-4/h4,9H,2-3H2,1H3. The zero-order valence-corrected chi connectivity index (χ0v) is 6.06. The Morgan fingerprint density at radius 2 is 2.36 bits per heavy atom. The third kappa shape index (κ3) is 1.86. The third-order valence-corrected chi connectivity index (χ3v) is 1.60. The number of hydrogen-bond donors (Lipinski definition) is 1. The number of halogens is 2. The van der Waals surface area contributed by atoms with E-state index in [9.17, 15) is 13.6 Å². The Labute approximate surface area is 62.7 Å². The second kappa shape index (κ2) is 2.73. The summed E-state index contributed by atoms with van der Waals surface area (Å²) in [7, 11) is 1.18. The normalized spacial score (nSPS) is 28.5. The summed E-state index contributed by atoms with van der Waals surface area (Å²) in [6.07, 6.45) is -0.459. The van der Waals surface area contributed by atoms with Gasteiger partial charge in [-0.25, -0.2) is 8.78 Å². The summed E-state index contributed by atoms with van der Waals surface area (Å²) < 4.78 is 29.1. The van der Waals surface area contributed by atoms with E-state index in [0.29, 0.717) is 0 Å². The van der Waals surface area contributed by atoms with Crippen LogP contribution in [0, 0.1) is 0 Å². The summed E-state index contributed by atoms with van der Waals surface area (Å²) in [5.41, 5.74) is 0. The molecule has 0 spiro atoms. The van der Waals surface area contributed by atoms with Crippen LogP contribution in [0.4, 0.5) is 8.78 Å². The van der Waals surface area contributed by atoms with Gasteiger partial charge < -0.3 is 4.74 Å². The predicted molar refractivity (Wildman–Crippen MR) is 33.4 cm³/mol. The van der Waals surface area contributed by atoms with Crippen LogP contribution in [0.1, 0.15) is 6.42 Å². The minimum absolute atomic E-state index is 0.438. The molecule has 0 aromatic carbocycles. The maximum atomic E-state index is 12.4. The molecule has 1 aliphatic heterocycles. The van der Waals surface area contributed by atoms with Gasteiger partial charge in [-0.1, -0.05) is 0 Å². The van der Waals surface area contributed by atoms with Gasteiger partial charge in [-0.05, 0) is 0 Å². The molecule has 1 aliphatic rings. The Kier molecular flexibility index (Phi) is 2.08. The number of ether oxygens (including phenoxy) is 1. The van der Waals surface area contributed by atoms with Crippen LogP contribution < -0.4 is 5.32 Å². The van der Waals surface area contributed by atoms with Crippen LogP contribution in [0.15, 0.2) is 0 Å². The number of alkyl halides is 2. The molecule has 3 nitrogen and oxygen atoms in total. The molecule has 1 unspecified atom stereocenters. The van der Waals surface area contributed by atoms with Crippen molar-refractivity contribution in [1.82, 2.24) is 5.32 Å². The lowest BCUT2D eigenvalue weighted by Gasteiger charge is -2.06.